The van der Waals surface area contributed by atoms with Gasteiger partial charge in [-0.25, -0.2) is 0 Å². The van der Waals surface area contributed by atoms with Crippen LogP contribution in [0.3, 0.4) is 0 Å². The number of hydrogen-bond donors (Lipinski definition) is 0. The second-order valence-corrected chi connectivity index (χ2v) is 3.84. The number of hydrogen-bond acceptors (Lipinski definition) is 2. The molecule has 0 saturated carbocycles. The molecule has 0 aromatic heterocycles. The summed E-state index contributed by atoms with van der Waals surface area (Å²) in [6.45, 7) is 6.57. The summed E-state index contributed by atoms with van der Waals surface area (Å²) >= 11 is 0. The van der Waals surface area contributed by atoms with Crippen LogP contribution in [0.15, 0.2) is 0 Å². The summed E-state index contributed by atoms with van der Waals surface area (Å²) in [5, 5.41) is 0. The van der Waals surface area contributed by atoms with Crippen molar-refractivity contribution in [1.29, 1.82) is 0 Å². The van der Waals surface area contributed by atoms with Gasteiger partial charge in [0.05, 0.1) is 6.10 Å². The highest BCUT2D eigenvalue weighted by Crippen LogP contribution is 2.17. The molecule has 72 valence electrons. The highest BCUT2D eigenvalue weighted by atomic mass is 16.5. The Morgan fingerprint density at radius 2 is 2.25 bits per heavy atom. The van der Waals surface area contributed by atoms with Crippen molar-refractivity contribution in [3.63, 3.8) is 0 Å². The fraction of sp³-hybridized carbons (Fsp3) is 1.00. The molecular weight excluding hydrogens is 150 g/mol. The molecule has 1 heterocycles. The van der Waals surface area contributed by atoms with Crippen LogP contribution in [0, 0.1) is 0 Å². The quantitative estimate of drug-likeness (QED) is 0.643. The molecule has 1 fully saturated rings. The molecule has 0 radical (unpaired) electrons. The Morgan fingerprint density at radius 1 is 1.50 bits per heavy atom. The minimum Gasteiger partial charge on any atom is -0.378 e. The van der Waals surface area contributed by atoms with Gasteiger partial charge in [0.1, 0.15) is 0 Å². The van der Waals surface area contributed by atoms with Crippen LogP contribution in [0.2, 0.25) is 0 Å². The Kier molecular flexibility index (Phi) is 4.02. The van der Waals surface area contributed by atoms with E-state index in [1.165, 1.54) is 25.8 Å². The van der Waals surface area contributed by atoms with Gasteiger partial charge in [-0.3, -0.25) is 0 Å². The van der Waals surface area contributed by atoms with E-state index in [9.17, 15) is 0 Å². The van der Waals surface area contributed by atoms with Gasteiger partial charge in [0.25, 0.3) is 0 Å². The SMILES string of the molecule is CCCN(C)C1CCOC(C)C1. The molecule has 1 aliphatic rings. The van der Waals surface area contributed by atoms with Crippen molar-refractivity contribution < 1.29 is 4.74 Å². The third kappa shape index (κ3) is 2.76. The van der Waals surface area contributed by atoms with Crippen molar-refractivity contribution >= 4 is 0 Å². The van der Waals surface area contributed by atoms with E-state index in [1.54, 1.807) is 0 Å². The molecule has 1 rings (SSSR count). The molecule has 0 spiro atoms. The summed E-state index contributed by atoms with van der Waals surface area (Å²) < 4.78 is 5.51. The number of nitrogens with zero attached hydrogens (tertiary/aromatic N) is 1. The highest BCUT2D eigenvalue weighted by Gasteiger charge is 2.21. The fourth-order valence-corrected chi connectivity index (χ4v) is 1.91. The van der Waals surface area contributed by atoms with Crippen LogP contribution < -0.4 is 0 Å². The lowest BCUT2D eigenvalue weighted by molar-refractivity contribution is -0.0116. The zero-order valence-corrected chi connectivity index (χ0v) is 8.55. The lowest BCUT2D eigenvalue weighted by Gasteiger charge is -2.34. The number of ether oxygens (including phenoxy) is 1. The second-order valence-electron chi connectivity index (χ2n) is 3.84. The van der Waals surface area contributed by atoms with Crippen LogP contribution in [0.4, 0.5) is 0 Å². The molecule has 0 aromatic carbocycles. The average Bonchev–Trinajstić information content (AvgIpc) is 2.05. The molecule has 2 atom stereocenters. The van der Waals surface area contributed by atoms with Crippen LogP contribution in [0.25, 0.3) is 0 Å². The molecule has 0 aliphatic carbocycles. The normalized spacial score (nSPS) is 31.0. The maximum atomic E-state index is 5.51. The molecule has 0 aromatic rings. The third-order valence-corrected chi connectivity index (χ3v) is 2.66. The van der Waals surface area contributed by atoms with Crippen molar-refractivity contribution in [2.24, 2.45) is 0 Å². The van der Waals surface area contributed by atoms with E-state index in [-0.39, 0.29) is 0 Å². The predicted molar refractivity (Wildman–Crippen MR) is 51.4 cm³/mol. The van der Waals surface area contributed by atoms with E-state index in [0.717, 1.165) is 12.6 Å². The summed E-state index contributed by atoms with van der Waals surface area (Å²) in [4.78, 5) is 2.47. The summed E-state index contributed by atoms with van der Waals surface area (Å²) in [5.74, 6) is 0. The van der Waals surface area contributed by atoms with Gasteiger partial charge >= 0.3 is 0 Å². The molecule has 0 bridgehead atoms. The van der Waals surface area contributed by atoms with E-state index >= 15 is 0 Å². The summed E-state index contributed by atoms with van der Waals surface area (Å²) in [7, 11) is 2.23. The van der Waals surface area contributed by atoms with E-state index < -0.39 is 0 Å². The Hall–Kier alpha value is -0.0800. The second kappa shape index (κ2) is 4.83. The fourth-order valence-electron chi connectivity index (χ4n) is 1.91. The van der Waals surface area contributed by atoms with Crippen molar-refractivity contribution in [2.45, 2.75) is 45.3 Å². The Morgan fingerprint density at radius 3 is 2.83 bits per heavy atom. The smallest absolute Gasteiger partial charge is 0.0561 e. The molecule has 0 amide bonds. The van der Waals surface area contributed by atoms with Gasteiger partial charge in [-0.1, -0.05) is 6.92 Å². The molecule has 0 N–H and O–H groups in total. The first-order valence-electron chi connectivity index (χ1n) is 5.06. The Labute approximate surface area is 75.9 Å². The van der Waals surface area contributed by atoms with Gasteiger partial charge in [-0.15, -0.1) is 0 Å². The van der Waals surface area contributed by atoms with Gasteiger partial charge in [0.15, 0.2) is 0 Å². The summed E-state index contributed by atoms with van der Waals surface area (Å²) in [6, 6.07) is 0.758. The highest BCUT2D eigenvalue weighted by molar-refractivity contribution is 4.75. The van der Waals surface area contributed by atoms with Gasteiger partial charge in [0, 0.05) is 12.6 Å². The zero-order chi connectivity index (χ0) is 8.97. The van der Waals surface area contributed by atoms with Gasteiger partial charge in [-0.2, -0.15) is 0 Å². The molecule has 1 saturated heterocycles. The van der Waals surface area contributed by atoms with Crippen molar-refractivity contribution in [3.8, 4) is 0 Å². The van der Waals surface area contributed by atoms with Crippen LogP contribution in [0.1, 0.15) is 33.1 Å². The molecule has 12 heavy (non-hydrogen) atoms. The maximum absolute atomic E-state index is 5.51. The molecule has 1 aliphatic heterocycles. The van der Waals surface area contributed by atoms with Gasteiger partial charge < -0.3 is 9.64 Å². The topological polar surface area (TPSA) is 12.5 Å². The van der Waals surface area contributed by atoms with Gasteiger partial charge in [0.2, 0.25) is 0 Å². The molecule has 2 nitrogen and oxygen atoms in total. The first-order valence-corrected chi connectivity index (χ1v) is 5.06. The lowest BCUT2D eigenvalue weighted by Crippen LogP contribution is -2.39. The van der Waals surface area contributed by atoms with Crippen molar-refractivity contribution in [2.75, 3.05) is 20.2 Å². The van der Waals surface area contributed by atoms with E-state index in [2.05, 4.69) is 25.8 Å². The average molecular weight is 171 g/mol. The first-order chi connectivity index (χ1) is 5.74. The van der Waals surface area contributed by atoms with Crippen molar-refractivity contribution in [3.05, 3.63) is 0 Å². The first kappa shape index (κ1) is 10.0. The van der Waals surface area contributed by atoms with Crippen LogP contribution in [-0.2, 0) is 4.74 Å². The number of rotatable bonds is 3. The van der Waals surface area contributed by atoms with Crippen molar-refractivity contribution in [1.82, 2.24) is 4.90 Å². The van der Waals surface area contributed by atoms with Gasteiger partial charge in [-0.05, 0) is 39.8 Å². The summed E-state index contributed by atoms with van der Waals surface area (Å²) in [6.07, 6.45) is 4.13. The molecular formula is C10H21NO. The Balaban J connectivity index is 2.29. The predicted octanol–water partition coefficient (Wildman–Crippen LogP) is 1.90. The summed E-state index contributed by atoms with van der Waals surface area (Å²) in [5.41, 5.74) is 0. The molecule has 2 unspecified atom stereocenters. The minimum absolute atomic E-state index is 0.461. The lowest BCUT2D eigenvalue weighted by atomic mass is 10.0. The molecule has 2 heteroatoms. The monoisotopic (exact) mass is 171 g/mol. The van der Waals surface area contributed by atoms with Crippen LogP contribution in [-0.4, -0.2) is 37.2 Å². The van der Waals surface area contributed by atoms with Crippen LogP contribution >= 0.6 is 0 Å². The van der Waals surface area contributed by atoms with Crippen LogP contribution in [0.5, 0.6) is 0 Å². The largest absolute Gasteiger partial charge is 0.378 e. The van der Waals surface area contributed by atoms with E-state index in [0.29, 0.717) is 6.10 Å². The standard InChI is InChI=1S/C10H21NO/c1-4-6-11(3)10-5-7-12-9(2)8-10/h9-10H,4-8H2,1-3H3. The van der Waals surface area contributed by atoms with E-state index in [1.807, 2.05) is 0 Å². The van der Waals surface area contributed by atoms with E-state index in [4.69, 9.17) is 4.74 Å². The maximum Gasteiger partial charge on any atom is 0.0561 e. The Bertz CT molecular complexity index is 127. The zero-order valence-electron chi connectivity index (χ0n) is 8.55. The third-order valence-electron chi connectivity index (χ3n) is 2.66. The minimum atomic E-state index is 0.461.